The van der Waals surface area contributed by atoms with Crippen LogP contribution in [0, 0.1) is 5.92 Å². The number of hydrogen-bond donors (Lipinski definition) is 1. The third-order valence-corrected chi connectivity index (χ3v) is 3.27. The Morgan fingerprint density at radius 3 is 3.25 bits per heavy atom. The Hall–Kier alpha value is -0.700. The minimum Gasteiger partial charge on any atom is -0.348 e. The first-order chi connectivity index (χ1) is 5.84. The number of allylic oxidation sites excluding steroid dienone is 2. The van der Waals surface area contributed by atoms with Crippen LogP contribution in [0.3, 0.4) is 0 Å². The molecule has 1 atom stereocenters. The predicted molar refractivity (Wildman–Crippen MR) is 52.0 cm³/mol. The van der Waals surface area contributed by atoms with Crippen molar-refractivity contribution < 1.29 is 0 Å². The summed E-state index contributed by atoms with van der Waals surface area (Å²) in [4.78, 5) is 8.58. The fraction of sp³-hybridized carbons (Fsp3) is 0.444. The summed E-state index contributed by atoms with van der Waals surface area (Å²) in [5.74, 6) is 1.98. The Morgan fingerprint density at radius 1 is 1.75 bits per heavy atom. The van der Waals surface area contributed by atoms with Crippen LogP contribution in [0.2, 0.25) is 0 Å². The number of aromatic nitrogens is 2. The molecule has 0 fully saturated rings. The van der Waals surface area contributed by atoms with Crippen LogP contribution in [0.25, 0.3) is 0 Å². The maximum Gasteiger partial charge on any atom is 0.0921 e. The number of thioether (sulfide) groups is 1. The summed E-state index contributed by atoms with van der Waals surface area (Å²) in [5.41, 5.74) is 1.21. The SMILES string of the molecule is CC1C=C(Cc2cnc[nH]2)SC1. The van der Waals surface area contributed by atoms with Gasteiger partial charge in [0.05, 0.1) is 6.33 Å². The standard InChI is InChI=1S/C9H12N2S/c1-7-2-9(12-5-7)3-8-4-10-6-11-8/h2,4,6-7H,3,5H2,1H3,(H,10,11). The van der Waals surface area contributed by atoms with E-state index in [1.807, 2.05) is 18.0 Å². The molecule has 1 unspecified atom stereocenters. The molecular formula is C9H12N2S. The van der Waals surface area contributed by atoms with Gasteiger partial charge in [-0.25, -0.2) is 4.98 Å². The van der Waals surface area contributed by atoms with E-state index in [1.165, 1.54) is 16.4 Å². The van der Waals surface area contributed by atoms with Crippen molar-refractivity contribution in [3.8, 4) is 0 Å². The highest BCUT2D eigenvalue weighted by Crippen LogP contribution is 2.30. The van der Waals surface area contributed by atoms with Crippen LogP contribution in [0.15, 0.2) is 23.5 Å². The van der Waals surface area contributed by atoms with E-state index in [1.54, 1.807) is 6.33 Å². The molecule has 0 bridgehead atoms. The molecule has 0 radical (unpaired) electrons. The zero-order chi connectivity index (χ0) is 8.39. The average Bonchev–Trinajstić information content (AvgIpc) is 2.63. The van der Waals surface area contributed by atoms with Gasteiger partial charge in [-0.3, -0.25) is 0 Å². The first-order valence-electron chi connectivity index (χ1n) is 4.15. The maximum absolute atomic E-state index is 3.99. The number of aromatic amines is 1. The normalized spacial score (nSPS) is 22.8. The Balaban J connectivity index is 2.00. The second kappa shape index (κ2) is 3.35. The lowest BCUT2D eigenvalue weighted by molar-refractivity contribution is 0.856. The lowest BCUT2D eigenvalue weighted by Gasteiger charge is -1.96. The molecule has 0 spiro atoms. The van der Waals surface area contributed by atoms with Gasteiger partial charge < -0.3 is 4.98 Å². The molecule has 0 aliphatic carbocycles. The zero-order valence-electron chi connectivity index (χ0n) is 7.08. The molecule has 1 aromatic rings. The fourth-order valence-electron chi connectivity index (χ4n) is 1.33. The fourth-order valence-corrected chi connectivity index (χ4v) is 2.49. The molecule has 0 amide bonds. The lowest BCUT2D eigenvalue weighted by atomic mass is 10.2. The summed E-state index contributed by atoms with van der Waals surface area (Å²) in [6.07, 6.45) is 7.00. The van der Waals surface area contributed by atoms with E-state index < -0.39 is 0 Å². The highest BCUT2D eigenvalue weighted by atomic mass is 32.2. The molecule has 3 heteroatoms. The van der Waals surface area contributed by atoms with Gasteiger partial charge >= 0.3 is 0 Å². The molecule has 64 valence electrons. The highest BCUT2D eigenvalue weighted by Gasteiger charge is 2.12. The maximum atomic E-state index is 3.99. The van der Waals surface area contributed by atoms with E-state index in [-0.39, 0.29) is 0 Å². The summed E-state index contributed by atoms with van der Waals surface area (Å²) in [6, 6.07) is 0. The number of rotatable bonds is 2. The summed E-state index contributed by atoms with van der Waals surface area (Å²) in [6.45, 7) is 2.26. The Labute approximate surface area is 76.5 Å². The molecule has 1 aliphatic heterocycles. The number of hydrogen-bond acceptors (Lipinski definition) is 2. The van der Waals surface area contributed by atoms with E-state index in [0.717, 1.165) is 12.3 Å². The van der Waals surface area contributed by atoms with Crippen molar-refractivity contribution in [2.24, 2.45) is 5.92 Å². The Bertz CT molecular complexity index is 277. The van der Waals surface area contributed by atoms with E-state index in [2.05, 4.69) is 23.0 Å². The molecule has 0 aromatic carbocycles. The van der Waals surface area contributed by atoms with E-state index in [9.17, 15) is 0 Å². The predicted octanol–water partition coefficient (Wildman–Crippen LogP) is 2.22. The van der Waals surface area contributed by atoms with Gasteiger partial charge in [0.25, 0.3) is 0 Å². The number of imidazole rings is 1. The van der Waals surface area contributed by atoms with Crippen molar-refractivity contribution in [2.75, 3.05) is 5.75 Å². The van der Waals surface area contributed by atoms with Crippen LogP contribution in [0.4, 0.5) is 0 Å². The van der Waals surface area contributed by atoms with Gasteiger partial charge in [0, 0.05) is 24.1 Å². The largest absolute Gasteiger partial charge is 0.348 e. The van der Waals surface area contributed by atoms with Crippen LogP contribution in [-0.4, -0.2) is 15.7 Å². The van der Waals surface area contributed by atoms with Crippen LogP contribution in [0.5, 0.6) is 0 Å². The Morgan fingerprint density at radius 2 is 2.67 bits per heavy atom. The van der Waals surface area contributed by atoms with Crippen molar-refractivity contribution in [2.45, 2.75) is 13.3 Å². The van der Waals surface area contributed by atoms with Gasteiger partial charge in [-0.15, -0.1) is 11.8 Å². The minimum atomic E-state index is 0.743. The smallest absolute Gasteiger partial charge is 0.0921 e. The first kappa shape index (κ1) is 7.92. The summed E-state index contributed by atoms with van der Waals surface area (Å²) in [5, 5.41) is 0. The molecule has 12 heavy (non-hydrogen) atoms. The number of nitrogens with zero attached hydrogens (tertiary/aromatic N) is 1. The van der Waals surface area contributed by atoms with Gasteiger partial charge in [0.15, 0.2) is 0 Å². The van der Waals surface area contributed by atoms with Gasteiger partial charge in [-0.1, -0.05) is 13.0 Å². The van der Waals surface area contributed by atoms with Gasteiger partial charge in [-0.2, -0.15) is 0 Å². The van der Waals surface area contributed by atoms with Crippen molar-refractivity contribution in [3.63, 3.8) is 0 Å². The van der Waals surface area contributed by atoms with Crippen molar-refractivity contribution in [3.05, 3.63) is 29.2 Å². The minimum absolute atomic E-state index is 0.743. The van der Waals surface area contributed by atoms with Gasteiger partial charge in [0.1, 0.15) is 0 Å². The molecule has 0 saturated carbocycles. The van der Waals surface area contributed by atoms with Crippen LogP contribution >= 0.6 is 11.8 Å². The zero-order valence-corrected chi connectivity index (χ0v) is 7.90. The lowest BCUT2D eigenvalue weighted by Crippen LogP contribution is -1.84. The first-order valence-corrected chi connectivity index (χ1v) is 5.14. The number of nitrogens with one attached hydrogen (secondary N) is 1. The molecule has 2 rings (SSSR count). The summed E-state index contributed by atoms with van der Waals surface area (Å²) >= 11 is 1.96. The quantitative estimate of drug-likeness (QED) is 0.756. The van der Waals surface area contributed by atoms with E-state index in [0.29, 0.717) is 0 Å². The third kappa shape index (κ3) is 1.72. The average molecular weight is 180 g/mol. The molecule has 1 N–H and O–H groups in total. The third-order valence-electron chi connectivity index (χ3n) is 1.92. The highest BCUT2D eigenvalue weighted by molar-refractivity contribution is 8.03. The van der Waals surface area contributed by atoms with Crippen molar-refractivity contribution >= 4 is 11.8 Å². The Kier molecular flexibility index (Phi) is 2.21. The topological polar surface area (TPSA) is 28.7 Å². The molecule has 0 saturated heterocycles. The second-order valence-corrected chi connectivity index (χ2v) is 4.32. The molecule has 1 aliphatic rings. The molecule has 2 heterocycles. The molecular weight excluding hydrogens is 168 g/mol. The van der Waals surface area contributed by atoms with Crippen LogP contribution in [-0.2, 0) is 6.42 Å². The number of H-pyrrole nitrogens is 1. The van der Waals surface area contributed by atoms with E-state index in [4.69, 9.17) is 0 Å². The van der Waals surface area contributed by atoms with Crippen LogP contribution in [0.1, 0.15) is 12.6 Å². The van der Waals surface area contributed by atoms with Gasteiger partial charge in [0.2, 0.25) is 0 Å². The summed E-state index contributed by atoms with van der Waals surface area (Å²) in [7, 11) is 0. The molecule has 2 nitrogen and oxygen atoms in total. The van der Waals surface area contributed by atoms with E-state index >= 15 is 0 Å². The van der Waals surface area contributed by atoms with Crippen molar-refractivity contribution in [1.82, 2.24) is 9.97 Å². The van der Waals surface area contributed by atoms with Crippen LogP contribution < -0.4 is 0 Å². The second-order valence-electron chi connectivity index (χ2n) is 3.17. The van der Waals surface area contributed by atoms with Crippen molar-refractivity contribution in [1.29, 1.82) is 0 Å². The molecule has 1 aromatic heterocycles. The monoisotopic (exact) mass is 180 g/mol. The van der Waals surface area contributed by atoms with Gasteiger partial charge in [-0.05, 0) is 10.8 Å². The summed E-state index contributed by atoms with van der Waals surface area (Å²) < 4.78 is 0.